The van der Waals surface area contributed by atoms with Crippen molar-refractivity contribution < 1.29 is 58.9 Å². The summed E-state index contributed by atoms with van der Waals surface area (Å²) in [4.78, 5) is 42.1. The van der Waals surface area contributed by atoms with Crippen LogP contribution in [0, 0.1) is 23.7 Å². The quantitative estimate of drug-likeness (QED) is 0.391. The van der Waals surface area contributed by atoms with Gasteiger partial charge in [0.15, 0.2) is 0 Å². The number of primary amides is 2. The molecular weight excluding hydrogens is 387 g/mol. The molecule has 0 bridgehead atoms. The Morgan fingerprint density at radius 2 is 1.07 bits per heavy atom. The predicted octanol–water partition coefficient (Wildman–Crippen LogP) is -0.569. The van der Waals surface area contributed by atoms with E-state index in [1.807, 2.05) is 6.92 Å². The SMILES string of the molecule is C.C.C.C.CCC(CC(C)C(=O)O)C(N)=O.CCC(CC(C)C(=O)[O-])C(N)=O.[Na+]. The van der Waals surface area contributed by atoms with Crippen LogP contribution in [0.15, 0.2) is 0 Å². The van der Waals surface area contributed by atoms with Crippen molar-refractivity contribution in [3.05, 3.63) is 0 Å². The zero-order chi connectivity index (χ0) is 19.4. The van der Waals surface area contributed by atoms with E-state index in [2.05, 4.69) is 0 Å². The molecule has 5 N–H and O–H groups in total. The molecule has 0 aromatic carbocycles. The Morgan fingerprint density at radius 3 is 1.24 bits per heavy atom. The molecule has 9 heteroatoms. The number of carboxylic acid groups (broad SMARTS) is 2. The van der Waals surface area contributed by atoms with Gasteiger partial charge in [-0.1, -0.05) is 57.4 Å². The van der Waals surface area contributed by atoms with Gasteiger partial charge in [-0.3, -0.25) is 14.4 Å². The van der Waals surface area contributed by atoms with Gasteiger partial charge < -0.3 is 26.5 Å². The van der Waals surface area contributed by atoms with E-state index >= 15 is 0 Å². The molecule has 0 fully saturated rings. The van der Waals surface area contributed by atoms with Gasteiger partial charge in [0.1, 0.15) is 0 Å². The van der Waals surface area contributed by atoms with E-state index in [9.17, 15) is 24.3 Å². The summed E-state index contributed by atoms with van der Waals surface area (Å²) in [6, 6.07) is 0. The molecule has 0 aliphatic heterocycles. The number of hydrogen-bond acceptors (Lipinski definition) is 5. The van der Waals surface area contributed by atoms with Crippen molar-refractivity contribution in [3.63, 3.8) is 0 Å². The maximum Gasteiger partial charge on any atom is 1.00 e. The van der Waals surface area contributed by atoms with E-state index in [1.165, 1.54) is 6.92 Å². The van der Waals surface area contributed by atoms with Crippen LogP contribution in [0.1, 0.15) is 83.1 Å². The average Bonchev–Trinajstić information content (AvgIpc) is 2.49. The topological polar surface area (TPSA) is 164 Å². The Bertz CT molecular complexity index is 407. The smallest absolute Gasteiger partial charge is 0.550 e. The Hall–Kier alpha value is -1.12. The molecule has 29 heavy (non-hydrogen) atoms. The van der Waals surface area contributed by atoms with Crippen LogP contribution in [0.25, 0.3) is 0 Å². The van der Waals surface area contributed by atoms with E-state index in [0.717, 1.165) is 0 Å². The number of carbonyl (C=O) groups excluding carboxylic acids is 3. The Balaban J connectivity index is -0.0000000569. The fourth-order valence-corrected chi connectivity index (χ4v) is 2.02. The van der Waals surface area contributed by atoms with E-state index in [0.29, 0.717) is 19.3 Å². The van der Waals surface area contributed by atoms with Crippen LogP contribution in [0.3, 0.4) is 0 Å². The molecule has 0 aliphatic carbocycles. The molecule has 0 heterocycles. The molecule has 0 saturated heterocycles. The maximum absolute atomic E-state index is 10.7. The molecule has 2 amide bonds. The van der Waals surface area contributed by atoms with E-state index in [-0.39, 0.29) is 77.5 Å². The largest absolute Gasteiger partial charge is 1.00 e. The van der Waals surface area contributed by atoms with Crippen LogP contribution in [0.4, 0.5) is 0 Å². The monoisotopic (exact) mass is 432 g/mol. The number of hydrogen-bond donors (Lipinski definition) is 3. The fraction of sp³-hybridized carbons (Fsp3) is 0.800. The van der Waals surface area contributed by atoms with Crippen LogP contribution in [-0.4, -0.2) is 28.9 Å². The molecule has 0 aliphatic rings. The summed E-state index contributed by atoms with van der Waals surface area (Å²) in [5.74, 6) is -4.63. The zero-order valence-electron chi connectivity index (χ0n) is 15.8. The van der Waals surface area contributed by atoms with Gasteiger partial charge in [0.2, 0.25) is 11.8 Å². The number of amides is 2. The molecule has 0 saturated carbocycles. The number of carbonyl (C=O) groups is 4. The van der Waals surface area contributed by atoms with Crippen LogP contribution < -0.4 is 46.1 Å². The van der Waals surface area contributed by atoms with Crippen molar-refractivity contribution >= 4 is 23.8 Å². The molecular formula is C20H45N2NaO6. The van der Waals surface area contributed by atoms with Crippen molar-refractivity contribution in [1.29, 1.82) is 0 Å². The second-order valence-corrected chi connectivity index (χ2v) is 5.95. The summed E-state index contributed by atoms with van der Waals surface area (Å²) >= 11 is 0. The third-order valence-electron chi connectivity index (χ3n) is 3.89. The van der Waals surface area contributed by atoms with Crippen LogP contribution in [0.2, 0.25) is 0 Å². The normalized spacial score (nSPS) is 12.6. The Labute approximate surface area is 200 Å². The van der Waals surface area contributed by atoms with E-state index in [4.69, 9.17) is 16.6 Å². The minimum Gasteiger partial charge on any atom is -0.550 e. The van der Waals surface area contributed by atoms with Crippen molar-refractivity contribution in [2.24, 2.45) is 35.1 Å². The van der Waals surface area contributed by atoms with Crippen molar-refractivity contribution in [1.82, 2.24) is 0 Å². The van der Waals surface area contributed by atoms with Gasteiger partial charge >= 0.3 is 35.5 Å². The maximum atomic E-state index is 10.7. The number of nitrogens with two attached hydrogens (primary N) is 2. The number of carboxylic acids is 2. The summed E-state index contributed by atoms with van der Waals surface area (Å²) in [7, 11) is 0. The summed E-state index contributed by atoms with van der Waals surface area (Å²) in [5, 5.41) is 18.9. The van der Waals surface area contributed by atoms with Gasteiger partial charge in [0.25, 0.3) is 0 Å². The summed E-state index contributed by atoms with van der Waals surface area (Å²) in [5.41, 5.74) is 10.1. The third kappa shape index (κ3) is 23.0. The predicted molar refractivity (Wildman–Crippen MR) is 113 cm³/mol. The molecule has 172 valence electrons. The molecule has 0 aromatic rings. The van der Waals surface area contributed by atoms with Gasteiger partial charge in [-0.2, -0.15) is 0 Å². The minimum atomic E-state index is -1.13. The van der Waals surface area contributed by atoms with E-state index < -0.39 is 35.6 Å². The molecule has 0 rings (SSSR count). The number of rotatable bonds is 10. The van der Waals surface area contributed by atoms with Gasteiger partial charge in [0, 0.05) is 17.8 Å². The van der Waals surface area contributed by atoms with Gasteiger partial charge in [-0.15, -0.1) is 0 Å². The van der Waals surface area contributed by atoms with E-state index in [1.54, 1.807) is 13.8 Å². The van der Waals surface area contributed by atoms with Crippen molar-refractivity contribution in [3.8, 4) is 0 Å². The Morgan fingerprint density at radius 1 is 0.793 bits per heavy atom. The first-order valence-corrected chi connectivity index (χ1v) is 7.99. The van der Waals surface area contributed by atoms with Gasteiger partial charge in [0.05, 0.1) is 5.92 Å². The Kier molecular flexibility index (Phi) is 39.7. The summed E-state index contributed by atoms with van der Waals surface area (Å²) in [6.07, 6.45) is 1.79. The average molecular weight is 433 g/mol. The minimum absolute atomic E-state index is 0. The fourth-order valence-electron chi connectivity index (χ4n) is 2.02. The number of aliphatic carboxylic acids is 2. The van der Waals surface area contributed by atoms with Crippen LogP contribution in [-0.2, 0) is 19.2 Å². The van der Waals surface area contributed by atoms with Crippen molar-refractivity contribution in [2.45, 2.75) is 83.1 Å². The first-order valence-electron chi connectivity index (χ1n) is 7.99. The van der Waals surface area contributed by atoms with Gasteiger partial charge in [-0.05, 0) is 31.6 Å². The van der Waals surface area contributed by atoms with Crippen LogP contribution in [0.5, 0.6) is 0 Å². The van der Waals surface area contributed by atoms with Gasteiger partial charge in [-0.25, -0.2) is 0 Å². The molecule has 0 radical (unpaired) electrons. The van der Waals surface area contributed by atoms with Crippen molar-refractivity contribution in [2.75, 3.05) is 0 Å². The first kappa shape index (κ1) is 46.2. The first-order chi connectivity index (χ1) is 11.0. The molecule has 4 unspecified atom stereocenters. The van der Waals surface area contributed by atoms with Crippen LogP contribution >= 0.6 is 0 Å². The summed E-state index contributed by atoms with van der Waals surface area (Å²) < 4.78 is 0. The summed E-state index contributed by atoms with van der Waals surface area (Å²) in [6.45, 7) is 6.72. The molecule has 0 spiro atoms. The zero-order valence-corrected chi connectivity index (χ0v) is 17.8. The second-order valence-electron chi connectivity index (χ2n) is 5.95. The standard InChI is InChI=1S/2C8H15NO3.4CH4.Na/c2*1-3-6(7(9)10)4-5(2)8(11)12;;;;;/h2*5-6H,3-4H2,1-2H3,(H2,9,10)(H,11,12);4*1H4;/q;;;;;;+1/p-1. The second kappa shape index (κ2) is 24.9. The molecule has 0 aromatic heterocycles. The molecule has 8 nitrogen and oxygen atoms in total. The molecule has 4 atom stereocenters. The third-order valence-corrected chi connectivity index (χ3v) is 3.89.